The van der Waals surface area contributed by atoms with Crippen molar-refractivity contribution in [1.82, 2.24) is 4.98 Å². The average molecular weight is 469 g/mol. The summed E-state index contributed by atoms with van der Waals surface area (Å²) in [6.45, 7) is 1.39. The number of ether oxygens (including phenoxy) is 1. The molecule has 1 aliphatic carbocycles. The molecule has 3 aromatic rings. The van der Waals surface area contributed by atoms with Crippen LogP contribution in [0, 0.1) is 5.92 Å². The first-order valence-corrected chi connectivity index (χ1v) is 10.7. The van der Waals surface area contributed by atoms with Gasteiger partial charge in [0.1, 0.15) is 17.3 Å². The lowest BCUT2D eigenvalue weighted by Crippen LogP contribution is -2.28. The first kappa shape index (κ1) is 23.3. The van der Waals surface area contributed by atoms with Crippen LogP contribution in [0.5, 0.6) is 11.5 Å². The summed E-state index contributed by atoms with van der Waals surface area (Å²) in [6, 6.07) is 13.5. The van der Waals surface area contributed by atoms with E-state index in [0.717, 1.165) is 23.3 Å². The summed E-state index contributed by atoms with van der Waals surface area (Å²) >= 11 is 0. The SMILES string of the molecule is CC(=O)Nc1cc(Oc2ccc3c(c2)CC(C(=O)Nc2cccc(C(F)(F)F)c2)CC3)ccn1. The molecule has 0 saturated carbocycles. The van der Waals surface area contributed by atoms with E-state index in [0.29, 0.717) is 36.6 Å². The number of aromatic nitrogens is 1. The molecule has 4 rings (SSSR count). The van der Waals surface area contributed by atoms with Crippen molar-refractivity contribution in [2.24, 2.45) is 5.92 Å². The smallest absolute Gasteiger partial charge is 0.416 e. The van der Waals surface area contributed by atoms with Crippen LogP contribution in [0.2, 0.25) is 0 Å². The number of carbonyl (C=O) groups is 2. The molecule has 0 spiro atoms. The molecule has 2 amide bonds. The largest absolute Gasteiger partial charge is 0.457 e. The van der Waals surface area contributed by atoms with Crippen LogP contribution in [-0.2, 0) is 28.6 Å². The summed E-state index contributed by atoms with van der Waals surface area (Å²) in [5.41, 5.74) is 1.36. The summed E-state index contributed by atoms with van der Waals surface area (Å²) in [5.74, 6) is 0.503. The van der Waals surface area contributed by atoms with Crippen molar-refractivity contribution >= 4 is 23.3 Å². The maximum atomic E-state index is 13.0. The molecule has 34 heavy (non-hydrogen) atoms. The highest BCUT2D eigenvalue weighted by molar-refractivity contribution is 5.93. The number of nitrogens with one attached hydrogen (secondary N) is 2. The van der Waals surface area contributed by atoms with Crippen LogP contribution in [0.4, 0.5) is 24.7 Å². The quantitative estimate of drug-likeness (QED) is 0.510. The van der Waals surface area contributed by atoms with Gasteiger partial charge in [-0.1, -0.05) is 12.1 Å². The van der Waals surface area contributed by atoms with Gasteiger partial charge in [-0.3, -0.25) is 9.59 Å². The van der Waals surface area contributed by atoms with E-state index in [4.69, 9.17) is 4.74 Å². The Morgan fingerprint density at radius 3 is 2.56 bits per heavy atom. The number of hydrogen-bond donors (Lipinski definition) is 2. The number of amides is 2. The molecule has 2 aromatic carbocycles. The highest BCUT2D eigenvalue weighted by atomic mass is 19.4. The number of pyridine rings is 1. The highest BCUT2D eigenvalue weighted by Gasteiger charge is 2.31. The van der Waals surface area contributed by atoms with Gasteiger partial charge in [0.2, 0.25) is 11.8 Å². The van der Waals surface area contributed by atoms with Crippen molar-refractivity contribution in [3.8, 4) is 11.5 Å². The van der Waals surface area contributed by atoms with Crippen LogP contribution >= 0.6 is 0 Å². The number of benzene rings is 2. The summed E-state index contributed by atoms with van der Waals surface area (Å²) < 4.78 is 44.8. The number of alkyl halides is 3. The number of carbonyl (C=O) groups excluding carboxylic acids is 2. The molecule has 0 bridgehead atoms. The summed E-state index contributed by atoms with van der Waals surface area (Å²) in [7, 11) is 0. The third-order valence-electron chi connectivity index (χ3n) is 5.51. The molecular weight excluding hydrogens is 447 g/mol. The molecule has 1 aliphatic rings. The van der Waals surface area contributed by atoms with Crippen LogP contribution in [0.15, 0.2) is 60.8 Å². The maximum Gasteiger partial charge on any atom is 0.416 e. The molecule has 0 aliphatic heterocycles. The monoisotopic (exact) mass is 469 g/mol. The van der Waals surface area contributed by atoms with Crippen LogP contribution in [-0.4, -0.2) is 16.8 Å². The number of nitrogens with zero attached hydrogens (tertiary/aromatic N) is 1. The van der Waals surface area contributed by atoms with E-state index in [2.05, 4.69) is 15.6 Å². The first-order chi connectivity index (χ1) is 16.2. The van der Waals surface area contributed by atoms with Gasteiger partial charge in [0.05, 0.1) is 5.56 Å². The van der Waals surface area contributed by atoms with E-state index in [-0.39, 0.29) is 23.4 Å². The van der Waals surface area contributed by atoms with Crippen molar-refractivity contribution < 1.29 is 27.5 Å². The molecule has 1 heterocycles. The molecule has 0 fully saturated rings. The summed E-state index contributed by atoms with van der Waals surface area (Å²) in [5, 5.41) is 5.21. The maximum absolute atomic E-state index is 13.0. The lowest BCUT2D eigenvalue weighted by Gasteiger charge is -2.24. The second-order valence-corrected chi connectivity index (χ2v) is 8.10. The molecule has 9 heteroatoms. The number of hydrogen-bond acceptors (Lipinski definition) is 4. The standard InChI is InChI=1S/C25H22F3N3O3/c1-15(32)30-23-14-22(9-10-29-23)34-21-8-7-16-5-6-17(11-18(16)12-21)24(33)31-20-4-2-3-19(13-20)25(26,27)28/h2-4,7-10,12-14,17H,5-6,11H2,1H3,(H,31,33)(H,29,30,32). The van der Waals surface area contributed by atoms with Gasteiger partial charge in [-0.25, -0.2) is 4.98 Å². The zero-order valence-corrected chi connectivity index (χ0v) is 18.3. The molecular formula is C25H22F3N3O3. The lowest BCUT2D eigenvalue weighted by molar-refractivity contribution is -0.137. The van der Waals surface area contributed by atoms with Gasteiger partial charge >= 0.3 is 6.18 Å². The number of fused-ring (bicyclic) bond motifs is 1. The van der Waals surface area contributed by atoms with E-state index < -0.39 is 11.7 Å². The molecule has 0 radical (unpaired) electrons. The average Bonchev–Trinajstić information content (AvgIpc) is 2.78. The predicted octanol–water partition coefficient (Wildman–Crippen LogP) is 5.59. The number of halogens is 3. The van der Waals surface area contributed by atoms with E-state index in [9.17, 15) is 22.8 Å². The molecule has 2 N–H and O–H groups in total. The molecule has 0 saturated heterocycles. The number of aryl methyl sites for hydroxylation is 1. The van der Waals surface area contributed by atoms with Gasteiger partial charge in [-0.2, -0.15) is 13.2 Å². The molecule has 1 unspecified atom stereocenters. The fourth-order valence-electron chi connectivity index (χ4n) is 3.90. The first-order valence-electron chi connectivity index (χ1n) is 10.7. The van der Waals surface area contributed by atoms with Crippen molar-refractivity contribution in [2.75, 3.05) is 10.6 Å². The summed E-state index contributed by atoms with van der Waals surface area (Å²) in [6.07, 6.45) is -1.22. The third-order valence-corrected chi connectivity index (χ3v) is 5.51. The Labute approximate surface area is 194 Å². The Balaban J connectivity index is 1.44. The van der Waals surface area contributed by atoms with Crippen molar-refractivity contribution in [3.63, 3.8) is 0 Å². The Morgan fingerprint density at radius 1 is 1.00 bits per heavy atom. The van der Waals surface area contributed by atoms with Crippen LogP contribution in [0.1, 0.15) is 30.0 Å². The molecule has 6 nitrogen and oxygen atoms in total. The van der Waals surface area contributed by atoms with Crippen LogP contribution in [0.3, 0.4) is 0 Å². The van der Waals surface area contributed by atoms with Gasteiger partial charge in [0.15, 0.2) is 0 Å². The van der Waals surface area contributed by atoms with Crippen LogP contribution in [0.25, 0.3) is 0 Å². The highest BCUT2D eigenvalue weighted by Crippen LogP contribution is 2.33. The van der Waals surface area contributed by atoms with Gasteiger partial charge in [0, 0.05) is 30.8 Å². The Kier molecular flexibility index (Phi) is 6.54. The zero-order chi connectivity index (χ0) is 24.3. The van der Waals surface area contributed by atoms with E-state index >= 15 is 0 Å². The minimum atomic E-state index is -4.47. The lowest BCUT2D eigenvalue weighted by atomic mass is 9.83. The molecule has 176 valence electrons. The van der Waals surface area contributed by atoms with Gasteiger partial charge < -0.3 is 15.4 Å². The fraction of sp³-hybridized carbons (Fsp3) is 0.240. The second kappa shape index (κ2) is 9.54. The van der Waals surface area contributed by atoms with E-state index in [1.807, 2.05) is 18.2 Å². The minimum Gasteiger partial charge on any atom is -0.457 e. The van der Waals surface area contributed by atoms with Crippen LogP contribution < -0.4 is 15.4 Å². The predicted molar refractivity (Wildman–Crippen MR) is 121 cm³/mol. The van der Waals surface area contributed by atoms with E-state index in [1.54, 1.807) is 12.1 Å². The second-order valence-electron chi connectivity index (χ2n) is 8.10. The summed E-state index contributed by atoms with van der Waals surface area (Å²) in [4.78, 5) is 28.1. The van der Waals surface area contributed by atoms with Crippen molar-refractivity contribution in [1.29, 1.82) is 0 Å². The number of anilines is 2. The Hall–Kier alpha value is -3.88. The van der Waals surface area contributed by atoms with Crippen molar-refractivity contribution in [2.45, 2.75) is 32.4 Å². The topological polar surface area (TPSA) is 80.3 Å². The zero-order valence-electron chi connectivity index (χ0n) is 18.3. The Bertz CT molecular complexity index is 1230. The van der Waals surface area contributed by atoms with Gasteiger partial charge in [-0.05, 0) is 66.8 Å². The van der Waals surface area contributed by atoms with E-state index in [1.165, 1.54) is 25.3 Å². The third kappa shape index (κ3) is 5.72. The minimum absolute atomic E-state index is 0.121. The molecule has 1 aromatic heterocycles. The van der Waals surface area contributed by atoms with Crippen molar-refractivity contribution in [3.05, 3.63) is 77.5 Å². The number of rotatable bonds is 5. The Morgan fingerprint density at radius 2 is 1.79 bits per heavy atom. The fourth-order valence-corrected chi connectivity index (χ4v) is 3.90. The molecule has 1 atom stereocenters. The normalized spacial score (nSPS) is 15.2. The van der Waals surface area contributed by atoms with Gasteiger partial charge in [0.25, 0.3) is 0 Å². The van der Waals surface area contributed by atoms with Gasteiger partial charge in [-0.15, -0.1) is 0 Å².